The number of aromatic nitrogens is 3. The highest BCUT2D eigenvalue weighted by molar-refractivity contribution is 6.16. The minimum Gasteiger partial charge on any atom is -0.311 e. The van der Waals surface area contributed by atoms with E-state index in [9.17, 15) is 0 Å². The molecule has 0 saturated carbocycles. The summed E-state index contributed by atoms with van der Waals surface area (Å²) in [6.45, 7) is 0. The van der Waals surface area contributed by atoms with E-state index in [4.69, 9.17) is 9.97 Å². The minimum atomic E-state index is 1.05. The molecule has 5 heteroatoms. The van der Waals surface area contributed by atoms with Crippen LogP contribution in [0.25, 0.3) is 49.7 Å². The molecule has 0 radical (unpaired) electrons. The van der Waals surface area contributed by atoms with Crippen LogP contribution in [0.5, 0.6) is 0 Å². The second kappa shape index (κ2) is 14.8. The van der Waals surface area contributed by atoms with Gasteiger partial charge in [-0.3, -0.25) is 9.97 Å². The van der Waals surface area contributed by atoms with Gasteiger partial charge in [-0.15, -0.1) is 0 Å². The van der Waals surface area contributed by atoms with Crippen molar-refractivity contribution in [1.82, 2.24) is 14.5 Å². The summed E-state index contributed by atoms with van der Waals surface area (Å²) in [5.41, 5.74) is 14.1. The SMILES string of the molecule is c1ccc(N(c2ccccc2)c2ccc(-c3cncc4c5cncc(-c6ccc(N(c7ccccc7)c7ccccc7)cc6)c5n(-c5ccccc5)c34)cc2)cc1. The van der Waals surface area contributed by atoms with Gasteiger partial charge in [0.25, 0.3) is 0 Å². The lowest BCUT2D eigenvalue weighted by molar-refractivity contribution is 1.17. The van der Waals surface area contributed by atoms with Gasteiger partial charge in [-0.1, -0.05) is 115 Å². The Labute approximate surface area is 332 Å². The first-order valence-corrected chi connectivity index (χ1v) is 19.1. The summed E-state index contributed by atoms with van der Waals surface area (Å²) < 4.78 is 2.39. The van der Waals surface area contributed by atoms with Crippen LogP contribution in [-0.4, -0.2) is 14.5 Å². The second-order valence-electron chi connectivity index (χ2n) is 13.9. The van der Waals surface area contributed by atoms with Gasteiger partial charge < -0.3 is 14.4 Å². The highest BCUT2D eigenvalue weighted by Gasteiger charge is 2.22. The van der Waals surface area contributed by atoms with Crippen molar-refractivity contribution < 1.29 is 0 Å². The number of benzene rings is 7. The Balaban J connectivity index is 1.12. The molecular formula is C52H37N5. The zero-order valence-electron chi connectivity index (χ0n) is 31.1. The molecule has 10 aromatic rings. The average molecular weight is 732 g/mol. The van der Waals surface area contributed by atoms with E-state index in [0.717, 1.165) is 83.9 Å². The van der Waals surface area contributed by atoms with Gasteiger partial charge >= 0.3 is 0 Å². The maximum Gasteiger partial charge on any atom is 0.0651 e. The van der Waals surface area contributed by atoms with E-state index >= 15 is 0 Å². The van der Waals surface area contributed by atoms with Crippen LogP contribution in [0.3, 0.4) is 0 Å². The molecule has 5 nitrogen and oxygen atoms in total. The number of fused-ring (bicyclic) bond motifs is 3. The molecule has 0 unspecified atom stereocenters. The van der Waals surface area contributed by atoms with Crippen LogP contribution >= 0.6 is 0 Å². The second-order valence-corrected chi connectivity index (χ2v) is 13.9. The lowest BCUT2D eigenvalue weighted by Gasteiger charge is -2.25. The zero-order chi connectivity index (χ0) is 38.0. The molecule has 0 fully saturated rings. The Bertz CT molecular complexity index is 2650. The van der Waals surface area contributed by atoms with Crippen molar-refractivity contribution in [3.05, 3.63) is 225 Å². The van der Waals surface area contributed by atoms with Crippen LogP contribution in [0.2, 0.25) is 0 Å². The number of nitrogens with zero attached hydrogens (tertiary/aromatic N) is 5. The van der Waals surface area contributed by atoms with Gasteiger partial charge in [0.15, 0.2) is 0 Å². The molecule has 3 heterocycles. The summed E-state index contributed by atoms with van der Waals surface area (Å²) in [7, 11) is 0. The molecule has 3 aromatic heterocycles. The number of hydrogen-bond donors (Lipinski definition) is 0. The largest absolute Gasteiger partial charge is 0.311 e. The fourth-order valence-corrected chi connectivity index (χ4v) is 7.94. The maximum absolute atomic E-state index is 4.83. The van der Waals surface area contributed by atoms with E-state index in [2.05, 4.69) is 215 Å². The molecule has 0 atom stereocenters. The number of pyridine rings is 2. The van der Waals surface area contributed by atoms with Crippen LogP contribution in [0.4, 0.5) is 34.1 Å². The van der Waals surface area contributed by atoms with Crippen molar-refractivity contribution in [2.75, 3.05) is 9.80 Å². The lowest BCUT2D eigenvalue weighted by Crippen LogP contribution is -2.09. The van der Waals surface area contributed by atoms with Crippen LogP contribution in [0, 0.1) is 0 Å². The molecule has 0 amide bonds. The Morgan fingerprint density at radius 1 is 0.298 bits per heavy atom. The van der Waals surface area contributed by atoms with E-state index in [1.807, 2.05) is 24.8 Å². The van der Waals surface area contributed by atoms with E-state index < -0.39 is 0 Å². The third-order valence-corrected chi connectivity index (χ3v) is 10.5. The highest BCUT2D eigenvalue weighted by Crippen LogP contribution is 2.43. The summed E-state index contributed by atoms with van der Waals surface area (Å²) in [5.74, 6) is 0. The molecule has 0 spiro atoms. The monoisotopic (exact) mass is 731 g/mol. The van der Waals surface area contributed by atoms with Crippen LogP contribution in [0.1, 0.15) is 0 Å². The highest BCUT2D eigenvalue weighted by atomic mass is 15.1. The Kier molecular flexibility index (Phi) is 8.78. The molecule has 7 aromatic carbocycles. The number of anilines is 6. The van der Waals surface area contributed by atoms with Gasteiger partial charge in [-0.25, -0.2) is 0 Å². The van der Waals surface area contributed by atoms with E-state index in [-0.39, 0.29) is 0 Å². The van der Waals surface area contributed by atoms with Gasteiger partial charge in [-0.2, -0.15) is 0 Å². The minimum absolute atomic E-state index is 1.05. The number of rotatable bonds is 9. The standard InChI is InChI=1S/C52H37N5/c1-6-16-40(17-7-1)55(41-18-8-2-9-19-41)45-30-26-38(27-31-45)47-34-53-36-49-50-37-54-35-48(52(50)57(51(47)49)44-24-14-5-15-25-44)39-28-32-46(33-29-39)56(42-20-10-3-11-21-42)43-22-12-4-13-23-43/h1-37H. The van der Waals surface area contributed by atoms with E-state index in [1.54, 1.807) is 0 Å². The van der Waals surface area contributed by atoms with E-state index in [0.29, 0.717) is 0 Å². The summed E-state index contributed by atoms with van der Waals surface area (Å²) in [4.78, 5) is 14.2. The van der Waals surface area contributed by atoms with Crippen LogP contribution in [-0.2, 0) is 0 Å². The normalized spacial score (nSPS) is 11.2. The van der Waals surface area contributed by atoms with Crippen LogP contribution in [0.15, 0.2) is 225 Å². The molecule has 0 aliphatic heterocycles. The van der Waals surface area contributed by atoms with E-state index in [1.165, 1.54) is 0 Å². The topological polar surface area (TPSA) is 37.2 Å². The third kappa shape index (κ3) is 6.27. The molecular weight excluding hydrogens is 695 g/mol. The van der Waals surface area contributed by atoms with Crippen molar-refractivity contribution in [1.29, 1.82) is 0 Å². The van der Waals surface area contributed by atoms with Crippen molar-refractivity contribution in [3.63, 3.8) is 0 Å². The first-order valence-electron chi connectivity index (χ1n) is 19.1. The quantitative estimate of drug-likeness (QED) is 0.148. The Morgan fingerprint density at radius 2 is 0.596 bits per heavy atom. The predicted octanol–water partition coefficient (Wildman–Crippen LogP) is 13.8. The molecule has 0 bridgehead atoms. The molecule has 0 N–H and O–H groups in total. The van der Waals surface area contributed by atoms with Gasteiger partial charge in [0.05, 0.1) is 11.0 Å². The molecule has 270 valence electrons. The van der Waals surface area contributed by atoms with Gasteiger partial charge in [0, 0.05) is 86.5 Å². The van der Waals surface area contributed by atoms with Crippen molar-refractivity contribution in [2.24, 2.45) is 0 Å². The summed E-state index contributed by atoms with van der Waals surface area (Å²) in [6, 6.07) is 70.3. The summed E-state index contributed by atoms with van der Waals surface area (Å²) in [5, 5.41) is 2.10. The van der Waals surface area contributed by atoms with Gasteiger partial charge in [0.2, 0.25) is 0 Å². The molecule has 0 aliphatic rings. The fourth-order valence-electron chi connectivity index (χ4n) is 7.94. The third-order valence-electron chi connectivity index (χ3n) is 10.5. The first kappa shape index (κ1) is 33.8. The van der Waals surface area contributed by atoms with Gasteiger partial charge in [0.1, 0.15) is 0 Å². The number of para-hydroxylation sites is 5. The Hall–Kier alpha value is -7.76. The maximum atomic E-state index is 4.83. The lowest BCUT2D eigenvalue weighted by atomic mass is 10.0. The summed E-state index contributed by atoms with van der Waals surface area (Å²) >= 11 is 0. The predicted molar refractivity (Wildman–Crippen MR) is 237 cm³/mol. The van der Waals surface area contributed by atoms with Crippen molar-refractivity contribution in [3.8, 4) is 27.9 Å². The zero-order valence-corrected chi connectivity index (χ0v) is 31.1. The molecule has 0 aliphatic carbocycles. The average Bonchev–Trinajstić information content (AvgIpc) is 3.64. The molecule has 57 heavy (non-hydrogen) atoms. The molecule has 0 saturated heterocycles. The van der Waals surface area contributed by atoms with Gasteiger partial charge in [-0.05, 0) is 96.1 Å². The van der Waals surface area contributed by atoms with Crippen molar-refractivity contribution >= 4 is 55.9 Å². The number of hydrogen-bond acceptors (Lipinski definition) is 4. The fraction of sp³-hybridized carbons (Fsp3) is 0. The summed E-state index contributed by atoms with van der Waals surface area (Å²) in [6.07, 6.45) is 7.94. The first-order chi connectivity index (χ1) is 28.3. The Morgan fingerprint density at radius 3 is 0.930 bits per heavy atom. The van der Waals surface area contributed by atoms with Crippen molar-refractivity contribution in [2.45, 2.75) is 0 Å². The smallest absolute Gasteiger partial charge is 0.0651 e. The van der Waals surface area contributed by atoms with Crippen LogP contribution < -0.4 is 9.80 Å². The molecule has 10 rings (SSSR count).